The number of rotatable bonds is 7. The van der Waals surface area contributed by atoms with Crippen molar-refractivity contribution in [2.24, 2.45) is 0 Å². The Hall–Kier alpha value is -1.22. The Labute approximate surface area is 113 Å². The third kappa shape index (κ3) is 4.96. The van der Waals surface area contributed by atoms with Crippen LogP contribution in [0.2, 0.25) is 0 Å². The van der Waals surface area contributed by atoms with Crippen LogP contribution in [0.1, 0.15) is 37.8 Å². The maximum atomic E-state index is 11.7. The van der Waals surface area contributed by atoms with Crippen LogP contribution < -0.4 is 10.1 Å². The predicted octanol–water partition coefficient (Wildman–Crippen LogP) is 3.28. The number of unbranched alkanes of at least 4 members (excludes halogenated alkanes) is 1. The van der Waals surface area contributed by atoms with Crippen LogP contribution in [0.25, 0.3) is 0 Å². The lowest BCUT2D eigenvalue weighted by Gasteiger charge is -2.15. The maximum absolute atomic E-state index is 11.7. The maximum Gasteiger partial charge on any atom is 0.220 e. The molecule has 0 saturated carbocycles. The van der Waals surface area contributed by atoms with Crippen LogP contribution in [-0.4, -0.2) is 18.9 Å². The Bertz CT molecular complexity index is 382. The largest absolute Gasteiger partial charge is 0.497 e. The second kappa shape index (κ2) is 7.98. The molecule has 0 heterocycles. The first-order valence-electron chi connectivity index (χ1n) is 6.16. The van der Waals surface area contributed by atoms with Crippen molar-refractivity contribution in [3.05, 3.63) is 29.8 Å². The molecule has 0 saturated heterocycles. The zero-order valence-corrected chi connectivity index (χ0v) is 11.7. The molecule has 1 amide bonds. The summed E-state index contributed by atoms with van der Waals surface area (Å²) < 4.78 is 5.16. The van der Waals surface area contributed by atoms with Gasteiger partial charge in [-0.3, -0.25) is 4.79 Å². The Kier molecular flexibility index (Phi) is 6.58. The average Bonchev–Trinajstić information content (AvgIpc) is 2.39. The molecule has 0 spiro atoms. The van der Waals surface area contributed by atoms with E-state index in [-0.39, 0.29) is 11.9 Å². The summed E-state index contributed by atoms with van der Waals surface area (Å²) in [4.78, 5) is 11.7. The van der Waals surface area contributed by atoms with E-state index in [0.717, 1.165) is 24.2 Å². The molecular formula is C14H20ClNO2. The van der Waals surface area contributed by atoms with E-state index in [1.54, 1.807) is 7.11 Å². The van der Waals surface area contributed by atoms with E-state index in [2.05, 4.69) is 5.32 Å². The molecular weight excluding hydrogens is 250 g/mol. The highest BCUT2D eigenvalue weighted by Gasteiger charge is 2.09. The SMILES string of the molecule is COc1cccc([C@H](C)NC(=O)CCCCCl)c1. The zero-order valence-electron chi connectivity index (χ0n) is 10.9. The van der Waals surface area contributed by atoms with E-state index in [1.807, 2.05) is 31.2 Å². The first-order chi connectivity index (χ1) is 8.67. The molecule has 1 aromatic carbocycles. The monoisotopic (exact) mass is 269 g/mol. The number of carbonyl (C=O) groups excluding carboxylic acids is 1. The summed E-state index contributed by atoms with van der Waals surface area (Å²) in [5.41, 5.74) is 1.04. The molecule has 3 nitrogen and oxygen atoms in total. The zero-order chi connectivity index (χ0) is 13.4. The third-order valence-electron chi connectivity index (χ3n) is 2.76. The van der Waals surface area contributed by atoms with Crippen LogP contribution in [0.5, 0.6) is 5.75 Å². The van der Waals surface area contributed by atoms with Gasteiger partial charge in [-0.2, -0.15) is 0 Å². The van der Waals surface area contributed by atoms with Gasteiger partial charge in [-0.25, -0.2) is 0 Å². The molecule has 1 rings (SSSR count). The van der Waals surface area contributed by atoms with Crippen LogP contribution in [-0.2, 0) is 4.79 Å². The van der Waals surface area contributed by atoms with Crippen molar-refractivity contribution in [3.8, 4) is 5.75 Å². The highest BCUT2D eigenvalue weighted by Crippen LogP contribution is 2.18. The summed E-state index contributed by atoms with van der Waals surface area (Å²) in [6.45, 7) is 1.97. The smallest absolute Gasteiger partial charge is 0.220 e. The van der Waals surface area contributed by atoms with Crippen LogP contribution in [0.3, 0.4) is 0 Å². The van der Waals surface area contributed by atoms with Crippen molar-refractivity contribution >= 4 is 17.5 Å². The molecule has 0 aliphatic carbocycles. The second-order valence-corrected chi connectivity index (χ2v) is 4.59. The van der Waals surface area contributed by atoms with Crippen molar-refractivity contribution in [2.75, 3.05) is 13.0 Å². The fourth-order valence-corrected chi connectivity index (χ4v) is 1.88. The number of halogens is 1. The van der Waals surface area contributed by atoms with Crippen LogP contribution in [0, 0.1) is 0 Å². The molecule has 0 aliphatic rings. The molecule has 0 radical (unpaired) electrons. The predicted molar refractivity (Wildman–Crippen MR) is 74.1 cm³/mol. The van der Waals surface area contributed by atoms with E-state index in [1.165, 1.54) is 0 Å². The fraction of sp³-hybridized carbons (Fsp3) is 0.500. The number of carbonyl (C=O) groups is 1. The summed E-state index contributed by atoms with van der Waals surface area (Å²) >= 11 is 5.57. The molecule has 0 bridgehead atoms. The summed E-state index contributed by atoms with van der Waals surface area (Å²) in [5.74, 6) is 1.48. The molecule has 18 heavy (non-hydrogen) atoms. The fourth-order valence-electron chi connectivity index (χ4n) is 1.69. The minimum atomic E-state index is -0.0106. The van der Waals surface area contributed by atoms with E-state index in [0.29, 0.717) is 12.3 Å². The molecule has 4 heteroatoms. The molecule has 0 aromatic heterocycles. The molecule has 100 valence electrons. The minimum absolute atomic E-state index is 0.0106. The summed E-state index contributed by atoms with van der Waals surface area (Å²) in [6.07, 6.45) is 2.24. The number of ether oxygens (including phenoxy) is 1. The summed E-state index contributed by atoms with van der Waals surface area (Å²) in [5, 5.41) is 2.97. The second-order valence-electron chi connectivity index (χ2n) is 4.21. The van der Waals surface area contributed by atoms with Crippen molar-refractivity contribution in [1.29, 1.82) is 0 Å². The van der Waals surface area contributed by atoms with Gasteiger partial charge < -0.3 is 10.1 Å². The Morgan fingerprint density at radius 3 is 2.89 bits per heavy atom. The van der Waals surface area contributed by atoms with Gasteiger partial charge >= 0.3 is 0 Å². The molecule has 1 N–H and O–H groups in total. The van der Waals surface area contributed by atoms with Crippen molar-refractivity contribution in [3.63, 3.8) is 0 Å². The number of hydrogen-bond acceptors (Lipinski definition) is 2. The topological polar surface area (TPSA) is 38.3 Å². The quantitative estimate of drug-likeness (QED) is 0.609. The average molecular weight is 270 g/mol. The lowest BCUT2D eigenvalue weighted by Crippen LogP contribution is -2.26. The third-order valence-corrected chi connectivity index (χ3v) is 3.03. The van der Waals surface area contributed by atoms with Gasteiger partial charge in [0, 0.05) is 12.3 Å². The first-order valence-corrected chi connectivity index (χ1v) is 6.70. The highest BCUT2D eigenvalue weighted by atomic mass is 35.5. The van der Waals surface area contributed by atoms with Crippen molar-refractivity contribution in [2.45, 2.75) is 32.2 Å². The lowest BCUT2D eigenvalue weighted by molar-refractivity contribution is -0.121. The van der Waals surface area contributed by atoms with E-state index in [9.17, 15) is 4.79 Å². The minimum Gasteiger partial charge on any atom is -0.497 e. The number of benzene rings is 1. The lowest BCUT2D eigenvalue weighted by atomic mass is 10.1. The first kappa shape index (κ1) is 14.8. The highest BCUT2D eigenvalue weighted by molar-refractivity contribution is 6.17. The van der Waals surface area contributed by atoms with E-state index < -0.39 is 0 Å². The standard InChI is InChI=1S/C14H20ClNO2/c1-11(16-14(17)8-3-4-9-15)12-6-5-7-13(10-12)18-2/h5-7,10-11H,3-4,8-9H2,1-2H3,(H,16,17)/t11-/m0/s1. The van der Waals surface area contributed by atoms with E-state index in [4.69, 9.17) is 16.3 Å². The number of nitrogens with one attached hydrogen (secondary N) is 1. The molecule has 0 aliphatic heterocycles. The number of methoxy groups -OCH3 is 1. The number of alkyl halides is 1. The van der Waals surface area contributed by atoms with Crippen LogP contribution in [0.4, 0.5) is 0 Å². The van der Waals surface area contributed by atoms with E-state index >= 15 is 0 Å². The van der Waals surface area contributed by atoms with Gasteiger partial charge in [0.05, 0.1) is 13.2 Å². The summed E-state index contributed by atoms with van der Waals surface area (Å²) in [7, 11) is 1.63. The van der Waals surface area contributed by atoms with Gasteiger partial charge in [0.2, 0.25) is 5.91 Å². The Morgan fingerprint density at radius 2 is 2.22 bits per heavy atom. The van der Waals surface area contributed by atoms with Gasteiger partial charge in [-0.15, -0.1) is 11.6 Å². The molecule has 1 atom stereocenters. The summed E-state index contributed by atoms with van der Waals surface area (Å²) in [6, 6.07) is 7.71. The van der Waals surface area contributed by atoms with Crippen molar-refractivity contribution < 1.29 is 9.53 Å². The number of amides is 1. The van der Waals surface area contributed by atoms with Gasteiger partial charge in [0.15, 0.2) is 0 Å². The molecule has 0 fully saturated rings. The normalized spacial score (nSPS) is 11.9. The number of hydrogen-bond donors (Lipinski definition) is 1. The molecule has 1 aromatic rings. The Balaban J connectivity index is 2.48. The van der Waals surface area contributed by atoms with Gasteiger partial charge in [0.25, 0.3) is 0 Å². The van der Waals surface area contributed by atoms with Gasteiger partial charge in [0.1, 0.15) is 5.75 Å². The van der Waals surface area contributed by atoms with Crippen molar-refractivity contribution in [1.82, 2.24) is 5.32 Å². The van der Waals surface area contributed by atoms with Crippen LogP contribution >= 0.6 is 11.6 Å². The van der Waals surface area contributed by atoms with Gasteiger partial charge in [-0.1, -0.05) is 12.1 Å². The molecule has 0 unspecified atom stereocenters. The van der Waals surface area contributed by atoms with Crippen LogP contribution in [0.15, 0.2) is 24.3 Å². The van der Waals surface area contributed by atoms with Gasteiger partial charge in [-0.05, 0) is 37.5 Å². The Morgan fingerprint density at radius 1 is 1.44 bits per heavy atom.